The van der Waals surface area contributed by atoms with Crippen molar-refractivity contribution in [1.29, 1.82) is 0 Å². The molecular weight excluding hydrogens is 398 g/mol. The number of carbonyl (C=O) groups is 2. The molecule has 0 saturated heterocycles. The van der Waals surface area contributed by atoms with Crippen molar-refractivity contribution >= 4 is 34.9 Å². The minimum atomic E-state index is -0.494. The number of nitrogen functional groups attached to an aromatic ring is 1. The Morgan fingerprint density at radius 3 is 2.90 bits per heavy atom. The number of primary amides is 1. The minimum Gasteiger partial charge on any atom is -0.475 e. The third kappa shape index (κ3) is 3.57. The largest absolute Gasteiger partial charge is 0.475 e. The third-order valence-electron chi connectivity index (χ3n) is 4.38. The Labute approximate surface area is 170 Å². The van der Waals surface area contributed by atoms with E-state index in [1.807, 2.05) is 0 Å². The number of ether oxygens (including phenoxy) is 1. The van der Waals surface area contributed by atoms with E-state index in [9.17, 15) is 9.59 Å². The summed E-state index contributed by atoms with van der Waals surface area (Å²) in [6, 6.07) is 5.20. The molecule has 10 nitrogen and oxygen atoms in total. The third-order valence-corrected chi connectivity index (χ3v) is 4.69. The van der Waals surface area contributed by atoms with Gasteiger partial charge in [-0.3, -0.25) is 14.3 Å². The zero-order chi connectivity index (χ0) is 20.5. The Hall–Kier alpha value is -3.66. The SMILES string of the molecule is NC(=O)Cn1cc(-c2ccc(N3CCOc4ncnc(N)c4C3=O)cc2Cl)cn1. The monoisotopic (exact) mass is 413 g/mol. The summed E-state index contributed by atoms with van der Waals surface area (Å²) in [6.07, 6.45) is 4.51. The Bertz CT molecular complexity index is 1110. The molecule has 0 unspecified atom stereocenters. The summed E-state index contributed by atoms with van der Waals surface area (Å²) in [4.78, 5) is 33.4. The van der Waals surface area contributed by atoms with Crippen LogP contribution in [0.2, 0.25) is 5.02 Å². The molecule has 0 aliphatic carbocycles. The van der Waals surface area contributed by atoms with Crippen LogP contribution in [0, 0.1) is 0 Å². The average Bonchev–Trinajstić information content (AvgIpc) is 3.04. The summed E-state index contributed by atoms with van der Waals surface area (Å²) >= 11 is 6.47. The first-order chi connectivity index (χ1) is 13.9. The molecule has 0 fully saturated rings. The average molecular weight is 414 g/mol. The van der Waals surface area contributed by atoms with Gasteiger partial charge in [0.15, 0.2) is 0 Å². The summed E-state index contributed by atoms with van der Waals surface area (Å²) in [7, 11) is 0. The van der Waals surface area contributed by atoms with Gasteiger partial charge in [-0.25, -0.2) is 9.97 Å². The van der Waals surface area contributed by atoms with E-state index in [4.69, 9.17) is 27.8 Å². The second kappa shape index (κ2) is 7.40. The van der Waals surface area contributed by atoms with Gasteiger partial charge in [-0.15, -0.1) is 0 Å². The number of rotatable bonds is 4. The number of nitrogens with two attached hydrogens (primary N) is 2. The molecule has 2 aromatic heterocycles. The van der Waals surface area contributed by atoms with E-state index in [1.54, 1.807) is 30.6 Å². The number of anilines is 2. The van der Waals surface area contributed by atoms with Crippen LogP contribution in [-0.2, 0) is 11.3 Å². The van der Waals surface area contributed by atoms with Crippen molar-refractivity contribution < 1.29 is 14.3 Å². The van der Waals surface area contributed by atoms with E-state index in [1.165, 1.54) is 15.9 Å². The predicted octanol–water partition coefficient (Wildman–Crippen LogP) is 1.10. The molecule has 1 aliphatic rings. The number of hydrogen-bond acceptors (Lipinski definition) is 7. The second-order valence-corrected chi connectivity index (χ2v) is 6.71. The molecule has 11 heteroatoms. The highest BCUT2D eigenvalue weighted by Gasteiger charge is 2.29. The molecule has 3 aromatic rings. The molecular formula is C18H16ClN7O3. The van der Waals surface area contributed by atoms with E-state index in [0.29, 0.717) is 22.8 Å². The van der Waals surface area contributed by atoms with Crippen molar-refractivity contribution in [2.75, 3.05) is 23.8 Å². The van der Waals surface area contributed by atoms with Crippen LogP contribution in [-0.4, -0.2) is 44.7 Å². The van der Waals surface area contributed by atoms with Crippen LogP contribution in [0.15, 0.2) is 36.9 Å². The molecule has 4 rings (SSSR count). The smallest absolute Gasteiger partial charge is 0.267 e. The molecule has 0 saturated carbocycles. The van der Waals surface area contributed by atoms with E-state index in [2.05, 4.69) is 15.1 Å². The van der Waals surface area contributed by atoms with Crippen molar-refractivity contribution in [2.45, 2.75) is 6.54 Å². The summed E-state index contributed by atoms with van der Waals surface area (Å²) in [5, 5.41) is 4.51. The fraction of sp³-hybridized carbons (Fsp3) is 0.167. The summed E-state index contributed by atoms with van der Waals surface area (Å²) < 4.78 is 6.96. The van der Waals surface area contributed by atoms with Gasteiger partial charge in [0.25, 0.3) is 5.91 Å². The summed E-state index contributed by atoms with van der Waals surface area (Å²) in [5.41, 5.74) is 13.2. The number of aromatic nitrogens is 4. The quantitative estimate of drug-likeness (QED) is 0.651. The van der Waals surface area contributed by atoms with Gasteiger partial charge >= 0.3 is 0 Å². The van der Waals surface area contributed by atoms with E-state index < -0.39 is 5.91 Å². The van der Waals surface area contributed by atoms with Crippen molar-refractivity contribution in [2.24, 2.45) is 5.73 Å². The van der Waals surface area contributed by atoms with Crippen LogP contribution in [0.3, 0.4) is 0 Å². The molecule has 0 bridgehead atoms. The highest BCUT2D eigenvalue weighted by molar-refractivity contribution is 6.33. The molecule has 4 N–H and O–H groups in total. The lowest BCUT2D eigenvalue weighted by atomic mass is 10.1. The topological polar surface area (TPSA) is 142 Å². The Morgan fingerprint density at radius 1 is 1.31 bits per heavy atom. The van der Waals surface area contributed by atoms with Crippen molar-refractivity contribution in [3.8, 4) is 17.0 Å². The lowest BCUT2D eigenvalue weighted by Crippen LogP contribution is -2.32. The van der Waals surface area contributed by atoms with Gasteiger partial charge in [0.1, 0.15) is 30.9 Å². The van der Waals surface area contributed by atoms with E-state index in [0.717, 1.165) is 5.56 Å². The fourth-order valence-corrected chi connectivity index (χ4v) is 3.35. The number of amides is 2. The highest BCUT2D eigenvalue weighted by atomic mass is 35.5. The highest BCUT2D eigenvalue weighted by Crippen LogP contribution is 2.33. The first kappa shape index (κ1) is 18.7. The molecule has 1 aliphatic heterocycles. The maximum Gasteiger partial charge on any atom is 0.267 e. The number of nitrogens with zero attached hydrogens (tertiary/aromatic N) is 5. The molecule has 2 amide bonds. The van der Waals surface area contributed by atoms with Gasteiger partial charge in [0.2, 0.25) is 11.8 Å². The van der Waals surface area contributed by atoms with Crippen LogP contribution in [0.1, 0.15) is 10.4 Å². The minimum absolute atomic E-state index is 0.0269. The maximum absolute atomic E-state index is 13.0. The van der Waals surface area contributed by atoms with Crippen LogP contribution in [0.25, 0.3) is 11.1 Å². The van der Waals surface area contributed by atoms with Gasteiger partial charge in [0.05, 0.1) is 17.8 Å². The molecule has 0 spiro atoms. The lowest BCUT2D eigenvalue weighted by Gasteiger charge is -2.21. The number of fused-ring (bicyclic) bond motifs is 1. The van der Waals surface area contributed by atoms with Gasteiger partial charge in [-0.1, -0.05) is 17.7 Å². The van der Waals surface area contributed by atoms with Gasteiger partial charge in [0, 0.05) is 23.0 Å². The van der Waals surface area contributed by atoms with Crippen LogP contribution in [0.4, 0.5) is 11.5 Å². The molecule has 148 valence electrons. The molecule has 0 atom stereocenters. The first-order valence-corrected chi connectivity index (χ1v) is 8.97. The lowest BCUT2D eigenvalue weighted by molar-refractivity contribution is -0.118. The van der Waals surface area contributed by atoms with Crippen LogP contribution < -0.4 is 21.1 Å². The van der Waals surface area contributed by atoms with Crippen LogP contribution in [0.5, 0.6) is 5.88 Å². The summed E-state index contributed by atoms with van der Waals surface area (Å²) in [6.45, 7) is 0.510. The number of hydrogen-bond donors (Lipinski definition) is 2. The normalized spacial score (nSPS) is 13.6. The van der Waals surface area contributed by atoms with E-state index >= 15 is 0 Å². The summed E-state index contributed by atoms with van der Waals surface area (Å²) in [5.74, 6) is -0.647. The number of halogens is 1. The van der Waals surface area contributed by atoms with Crippen molar-refractivity contribution in [1.82, 2.24) is 19.7 Å². The Morgan fingerprint density at radius 2 is 2.14 bits per heavy atom. The van der Waals surface area contributed by atoms with Gasteiger partial charge < -0.3 is 21.1 Å². The molecule has 1 aromatic carbocycles. The van der Waals surface area contributed by atoms with E-state index in [-0.39, 0.29) is 36.3 Å². The Balaban J connectivity index is 1.66. The standard InChI is InChI=1S/C18H16ClN7O3/c19-13-5-11(1-2-12(13)10-6-24-25(7-10)8-14(20)27)26-3-4-29-17-15(18(26)28)16(21)22-9-23-17/h1-2,5-7,9H,3-4,8H2,(H2,20,27)(H2,21,22,23). The molecule has 0 radical (unpaired) electrons. The van der Waals surface area contributed by atoms with Gasteiger partial charge in [-0.05, 0) is 12.1 Å². The zero-order valence-electron chi connectivity index (χ0n) is 15.1. The van der Waals surface area contributed by atoms with Crippen molar-refractivity contribution in [3.63, 3.8) is 0 Å². The fourth-order valence-electron chi connectivity index (χ4n) is 3.06. The number of carbonyl (C=O) groups excluding carboxylic acids is 2. The van der Waals surface area contributed by atoms with Crippen LogP contribution >= 0.6 is 11.6 Å². The number of benzene rings is 1. The zero-order valence-corrected chi connectivity index (χ0v) is 15.8. The molecule has 3 heterocycles. The Kier molecular flexibility index (Phi) is 4.77. The predicted molar refractivity (Wildman–Crippen MR) is 105 cm³/mol. The maximum atomic E-state index is 13.0. The second-order valence-electron chi connectivity index (χ2n) is 6.30. The molecule has 29 heavy (non-hydrogen) atoms. The first-order valence-electron chi connectivity index (χ1n) is 8.60. The van der Waals surface area contributed by atoms with Gasteiger partial charge in [-0.2, -0.15) is 5.10 Å². The van der Waals surface area contributed by atoms with Crippen molar-refractivity contribution in [3.05, 3.63) is 47.5 Å².